The van der Waals surface area contributed by atoms with Crippen LogP contribution in [-0.4, -0.2) is 17.3 Å². The van der Waals surface area contributed by atoms with Gasteiger partial charge in [-0.2, -0.15) is 0 Å². The number of benzene rings is 2. The molecule has 0 bridgehead atoms. The minimum Gasteiger partial charge on any atom is -0.289 e. The molecule has 2 aromatic carbocycles. The fourth-order valence-corrected chi connectivity index (χ4v) is 2.74. The summed E-state index contributed by atoms with van der Waals surface area (Å²) in [4.78, 5) is 37.0. The average molecular weight is 341 g/mol. The van der Waals surface area contributed by atoms with E-state index in [0.717, 1.165) is 6.08 Å². The molecular weight excluding hydrogens is 332 g/mol. The van der Waals surface area contributed by atoms with Gasteiger partial charge in [-0.15, -0.1) is 0 Å². The summed E-state index contributed by atoms with van der Waals surface area (Å²) in [6.45, 7) is 0. The normalized spacial score (nSPS) is 13.7. The average Bonchev–Trinajstić information content (AvgIpc) is 2.51. The second-order valence-electron chi connectivity index (χ2n) is 4.61. The van der Waals surface area contributed by atoms with E-state index in [1.165, 1.54) is 0 Å². The molecule has 21 heavy (non-hydrogen) atoms. The van der Waals surface area contributed by atoms with Crippen LogP contribution in [-0.2, 0) is 0 Å². The number of hydrogen-bond acceptors (Lipinski definition) is 3. The molecular formula is C17H9BrO3. The molecule has 2 aromatic rings. The Morgan fingerprint density at radius 3 is 2.19 bits per heavy atom. The van der Waals surface area contributed by atoms with Crippen molar-refractivity contribution in [3.05, 3.63) is 81.3 Å². The van der Waals surface area contributed by atoms with E-state index < -0.39 is 11.6 Å². The van der Waals surface area contributed by atoms with Gasteiger partial charge in [-0.05, 0) is 12.1 Å². The zero-order valence-electron chi connectivity index (χ0n) is 10.8. The van der Waals surface area contributed by atoms with Crippen molar-refractivity contribution >= 4 is 33.3 Å². The van der Waals surface area contributed by atoms with Gasteiger partial charge in [-0.25, -0.2) is 0 Å². The molecule has 0 saturated heterocycles. The van der Waals surface area contributed by atoms with E-state index in [9.17, 15) is 14.4 Å². The van der Waals surface area contributed by atoms with Gasteiger partial charge < -0.3 is 0 Å². The van der Waals surface area contributed by atoms with E-state index >= 15 is 0 Å². The summed E-state index contributed by atoms with van der Waals surface area (Å²) < 4.78 is 0.593. The highest BCUT2D eigenvalue weighted by Crippen LogP contribution is 2.26. The Morgan fingerprint density at radius 1 is 0.857 bits per heavy atom. The molecule has 0 N–H and O–H groups in total. The highest BCUT2D eigenvalue weighted by molar-refractivity contribution is 9.10. The lowest BCUT2D eigenvalue weighted by Gasteiger charge is -2.14. The first-order chi connectivity index (χ1) is 10.1. The number of rotatable bonds is 2. The second-order valence-corrected chi connectivity index (χ2v) is 5.46. The van der Waals surface area contributed by atoms with Gasteiger partial charge in [-0.3, -0.25) is 14.4 Å². The maximum Gasteiger partial charge on any atom is 0.198 e. The Balaban J connectivity index is 2.09. The van der Waals surface area contributed by atoms with Gasteiger partial charge in [-0.1, -0.05) is 52.3 Å². The number of fused-ring (bicyclic) bond motifs is 1. The van der Waals surface area contributed by atoms with E-state index in [1.54, 1.807) is 48.5 Å². The molecule has 0 heterocycles. The predicted octanol–water partition coefficient (Wildman–Crippen LogP) is 3.64. The molecule has 0 unspecified atom stereocenters. The van der Waals surface area contributed by atoms with Crippen molar-refractivity contribution in [3.8, 4) is 0 Å². The molecule has 0 fully saturated rings. The summed E-state index contributed by atoms with van der Waals surface area (Å²) in [5, 5.41) is 0. The molecule has 1 aliphatic carbocycles. The van der Waals surface area contributed by atoms with Crippen molar-refractivity contribution in [2.45, 2.75) is 0 Å². The Kier molecular flexibility index (Phi) is 3.39. The Hall–Kier alpha value is -2.33. The number of Topliss-reactive ketones (excluding diaryl/α,β-unsaturated/α-hetero) is 2. The number of ketones is 3. The van der Waals surface area contributed by atoms with Gasteiger partial charge in [0.2, 0.25) is 0 Å². The third-order valence-corrected chi connectivity index (χ3v) is 4.01. The van der Waals surface area contributed by atoms with Gasteiger partial charge in [0.05, 0.1) is 5.57 Å². The molecule has 3 rings (SSSR count). The molecule has 3 nitrogen and oxygen atoms in total. The highest BCUT2D eigenvalue weighted by Gasteiger charge is 2.30. The summed E-state index contributed by atoms with van der Waals surface area (Å²) >= 11 is 3.29. The van der Waals surface area contributed by atoms with E-state index in [2.05, 4.69) is 15.9 Å². The molecule has 0 aliphatic heterocycles. The van der Waals surface area contributed by atoms with Crippen LogP contribution in [0, 0.1) is 0 Å². The van der Waals surface area contributed by atoms with Crippen LogP contribution in [0.1, 0.15) is 31.1 Å². The Bertz CT molecular complexity index is 818. The van der Waals surface area contributed by atoms with Crippen molar-refractivity contribution in [3.63, 3.8) is 0 Å². The molecule has 0 amide bonds. The first-order valence-corrected chi connectivity index (χ1v) is 7.08. The molecule has 0 radical (unpaired) electrons. The van der Waals surface area contributed by atoms with Crippen LogP contribution in [0.25, 0.3) is 0 Å². The number of carbonyl (C=O) groups excluding carboxylic acids is 3. The van der Waals surface area contributed by atoms with Crippen molar-refractivity contribution in [2.75, 3.05) is 0 Å². The Morgan fingerprint density at radius 2 is 1.48 bits per heavy atom. The van der Waals surface area contributed by atoms with E-state index in [0.29, 0.717) is 15.6 Å². The van der Waals surface area contributed by atoms with Gasteiger partial charge in [0.25, 0.3) is 0 Å². The maximum absolute atomic E-state index is 12.5. The van der Waals surface area contributed by atoms with E-state index in [4.69, 9.17) is 0 Å². The summed E-state index contributed by atoms with van der Waals surface area (Å²) in [7, 11) is 0. The fourth-order valence-electron chi connectivity index (χ4n) is 2.27. The lowest BCUT2D eigenvalue weighted by atomic mass is 9.86. The van der Waals surface area contributed by atoms with E-state index in [1.807, 2.05) is 0 Å². The van der Waals surface area contributed by atoms with Crippen LogP contribution < -0.4 is 0 Å². The smallest absolute Gasteiger partial charge is 0.198 e. The lowest BCUT2D eigenvalue weighted by Crippen LogP contribution is -2.22. The zero-order valence-corrected chi connectivity index (χ0v) is 12.4. The lowest BCUT2D eigenvalue weighted by molar-refractivity contribution is 0.0934. The van der Waals surface area contributed by atoms with Gasteiger partial charge in [0.1, 0.15) is 0 Å². The minimum atomic E-state index is -0.449. The molecule has 4 heteroatoms. The van der Waals surface area contributed by atoms with Crippen LogP contribution in [0.4, 0.5) is 0 Å². The molecule has 0 aromatic heterocycles. The highest BCUT2D eigenvalue weighted by atomic mass is 79.9. The van der Waals surface area contributed by atoms with Crippen LogP contribution in [0.5, 0.6) is 0 Å². The zero-order chi connectivity index (χ0) is 15.0. The summed E-state index contributed by atoms with van der Waals surface area (Å²) in [6, 6.07) is 13.3. The van der Waals surface area contributed by atoms with E-state index in [-0.39, 0.29) is 16.9 Å². The second kappa shape index (κ2) is 5.22. The third kappa shape index (κ3) is 2.28. The maximum atomic E-state index is 12.5. The number of hydrogen-bond donors (Lipinski definition) is 0. The van der Waals surface area contributed by atoms with Gasteiger partial charge >= 0.3 is 0 Å². The summed E-state index contributed by atoms with van der Waals surface area (Å²) in [5.41, 5.74) is 0.890. The standard InChI is InChI=1S/C17H9BrO3/c18-14-8-4-3-7-12(14)17(21)13-9-15(19)10-5-1-2-6-11(10)16(13)20/h1-9H. The van der Waals surface area contributed by atoms with Gasteiger partial charge in [0.15, 0.2) is 17.3 Å². The minimum absolute atomic E-state index is 0.0920. The fraction of sp³-hybridized carbons (Fsp3) is 0. The molecule has 102 valence electrons. The summed E-state index contributed by atoms with van der Waals surface area (Å²) in [6.07, 6.45) is 1.13. The van der Waals surface area contributed by atoms with Crippen LogP contribution in [0.3, 0.4) is 0 Å². The van der Waals surface area contributed by atoms with Crippen LogP contribution in [0.2, 0.25) is 0 Å². The molecule has 0 atom stereocenters. The number of carbonyl (C=O) groups is 3. The quantitative estimate of drug-likeness (QED) is 0.619. The van der Waals surface area contributed by atoms with Crippen molar-refractivity contribution < 1.29 is 14.4 Å². The molecule has 1 aliphatic rings. The Labute approximate surface area is 129 Å². The first-order valence-electron chi connectivity index (χ1n) is 6.28. The molecule has 0 spiro atoms. The monoisotopic (exact) mass is 340 g/mol. The number of halogens is 1. The van der Waals surface area contributed by atoms with Crippen molar-refractivity contribution in [1.29, 1.82) is 0 Å². The largest absolute Gasteiger partial charge is 0.289 e. The van der Waals surface area contributed by atoms with Crippen molar-refractivity contribution in [1.82, 2.24) is 0 Å². The topological polar surface area (TPSA) is 51.2 Å². The molecule has 0 saturated carbocycles. The summed E-state index contributed by atoms with van der Waals surface area (Å²) in [5.74, 6) is -1.18. The number of allylic oxidation sites excluding steroid dienone is 2. The third-order valence-electron chi connectivity index (χ3n) is 3.32. The SMILES string of the molecule is O=C(C1=CC(=O)c2ccccc2C1=O)c1ccccc1Br. The predicted molar refractivity (Wildman–Crippen MR) is 81.7 cm³/mol. The van der Waals surface area contributed by atoms with Gasteiger partial charge in [0, 0.05) is 27.2 Å². The van der Waals surface area contributed by atoms with Crippen molar-refractivity contribution in [2.24, 2.45) is 0 Å². The van der Waals surface area contributed by atoms with Crippen LogP contribution >= 0.6 is 15.9 Å². The first kappa shape index (κ1) is 13.6. The van der Waals surface area contributed by atoms with Crippen LogP contribution in [0.15, 0.2) is 64.7 Å².